The van der Waals surface area contributed by atoms with Crippen molar-refractivity contribution in [3.8, 4) is 61.8 Å². The highest BCUT2D eigenvalue weighted by Crippen LogP contribution is 2.41. The summed E-state index contributed by atoms with van der Waals surface area (Å²) in [6.07, 6.45) is 1.87. The zero-order valence-corrected chi connectivity index (χ0v) is 31.7. The van der Waals surface area contributed by atoms with Crippen molar-refractivity contribution in [3.05, 3.63) is 188 Å². The van der Waals surface area contributed by atoms with E-state index in [0.717, 1.165) is 72.5 Å². The number of benzene rings is 6. The van der Waals surface area contributed by atoms with Crippen molar-refractivity contribution in [2.75, 3.05) is 0 Å². The average Bonchev–Trinajstić information content (AvgIpc) is 3.79. The lowest BCUT2D eigenvalue weighted by atomic mass is 9.82. The van der Waals surface area contributed by atoms with Gasteiger partial charge >= 0.3 is 0 Å². The van der Waals surface area contributed by atoms with Crippen LogP contribution in [0.2, 0.25) is 0 Å². The van der Waals surface area contributed by atoms with E-state index in [1.165, 1.54) is 27.6 Å². The zero-order chi connectivity index (χ0) is 37.8. The fraction of sp³-hybridized carbons (Fsp3) is 0.0769. The van der Waals surface area contributed by atoms with Crippen LogP contribution in [0.3, 0.4) is 0 Å². The van der Waals surface area contributed by atoms with Gasteiger partial charge in [-0.25, -0.2) is 4.98 Å². The molecule has 10 aromatic rings. The predicted octanol–water partition coefficient (Wildman–Crippen LogP) is 13.7. The minimum absolute atomic E-state index is 0.0201. The highest BCUT2D eigenvalue weighted by atomic mass is 15.1. The molecule has 4 heterocycles. The van der Waals surface area contributed by atoms with E-state index in [4.69, 9.17) is 9.97 Å². The van der Waals surface area contributed by atoms with Gasteiger partial charge in [0.05, 0.1) is 22.6 Å². The van der Waals surface area contributed by atoms with Crippen LogP contribution in [-0.2, 0) is 5.41 Å². The molecule has 0 unspecified atom stereocenters. The van der Waals surface area contributed by atoms with Crippen LogP contribution in [0.25, 0.3) is 94.6 Å². The fourth-order valence-electron chi connectivity index (χ4n) is 8.13. The first kappa shape index (κ1) is 33.5. The summed E-state index contributed by atoms with van der Waals surface area (Å²) in [4.78, 5) is 14.3. The summed E-state index contributed by atoms with van der Waals surface area (Å²) in [6, 6.07) is 62.8. The molecular formula is C52H40N4. The van der Waals surface area contributed by atoms with Crippen molar-refractivity contribution in [1.82, 2.24) is 19.5 Å². The molecule has 0 saturated carbocycles. The van der Waals surface area contributed by atoms with Gasteiger partial charge in [-0.15, -0.1) is 0 Å². The summed E-state index contributed by atoms with van der Waals surface area (Å²) < 4.78 is 2.31. The van der Waals surface area contributed by atoms with Crippen LogP contribution in [-0.4, -0.2) is 19.5 Å². The Bertz CT molecular complexity index is 3040. The van der Waals surface area contributed by atoms with E-state index in [2.05, 4.69) is 200 Å². The van der Waals surface area contributed by atoms with E-state index < -0.39 is 0 Å². The first-order valence-electron chi connectivity index (χ1n) is 19.2. The van der Waals surface area contributed by atoms with Gasteiger partial charge in [-0.1, -0.05) is 148 Å². The predicted molar refractivity (Wildman–Crippen MR) is 234 cm³/mol. The molecule has 0 bridgehead atoms. The van der Waals surface area contributed by atoms with Crippen LogP contribution < -0.4 is 0 Å². The molecule has 56 heavy (non-hydrogen) atoms. The topological polar surface area (TPSA) is 46.5 Å². The number of nitrogens with zero attached hydrogens (tertiary/aromatic N) is 3. The number of para-hydroxylation sites is 1. The molecule has 10 rings (SSSR count). The monoisotopic (exact) mass is 720 g/mol. The zero-order valence-electron chi connectivity index (χ0n) is 31.7. The van der Waals surface area contributed by atoms with E-state index in [1.54, 1.807) is 0 Å². The molecule has 0 aliphatic rings. The third-order valence-electron chi connectivity index (χ3n) is 11.0. The molecule has 268 valence electrons. The van der Waals surface area contributed by atoms with Crippen molar-refractivity contribution >= 4 is 32.7 Å². The van der Waals surface area contributed by atoms with Gasteiger partial charge in [-0.05, 0) is 87.3 Å². The molecule has 0 fully saturated rings. The molecule has 6 aromatic carbocycles. The first-order valence-corrected chi connectivity index (χ1v) is 19.2. The molecule has 0 amide bonds. The van der Waals surface area contributed by atoms with E-state index in [0.29, 0.717) is 0 Å². The molecule has 1 N–H and O–H groups in total. The molecule has 4 aromatic heterocycles. The van der Waals surface area contributed by atoms with Gasteiger partial charge in [-0.3, -0.25) is 9.55 Å². The smallest absolute Gasteiger partial charge is 0.147 e. The van der Waals surface area contributed by atoms with Gasteiger partial charge in [0.15, 0.2) is 0 Å². The maximum Gasteiger partial charge on any atom is 0.147 e. The highest BCUT2D eigenvalue weighted by Gasteiger charge is 2.22. The summed E-state index contributed by atoms with van der Waals surface area (Å²) in [5.41, 5.74) is 14.1. The minimum Gasteiger partial charge on any atom is -0.340 e. The van der Waals surface area contributed by atoms with Crippen molar-refractivity contribution in [2.24, 2.45) is 0 Å². The minimum atomic E-state index is -0.0201. The summed E-state index contributed by atoms with van der Waals surface area (Å²) in [5.74, 6) is 1.00. The Morgan fingerprint density at radius 1 is 0.464 bits per heavy atom. The van der Waals surface area contributed by atoms with Gasteiger partial charge in [0.25, 0.3) is 0 Å². The Kier molecular flexibility index (Phi) is 8.00. The van der Waals surface area contributed by atoms with Gasteiger partial charge < -0.3 is 4.98 Å². The molecule has 0 atom stereocenters. The van der Waals surface area contributed by atoms with Crippen LogP contribution in [0.1, 0.15) is 26.3 Å². The number of fused-ring (bicyclic) bond motifs is 4. The SMILES string of the molecule is CC(C)(C)c1ccc(-c2ccccc2)c(-c2cc(-c3ccccn3)cc(-c3ccc4c5ccccc5n(-c5[nH]c(-c6ccccc6)c6ccccc56)c4n3)c2)c1. The lowest BCUT2D eigenvalue weighted by molar-refractivity contribution is 0.590. The Morgan fingerprint density at radius 3 is 1.84 bits per heavy atom. The van der Waals surface area contributed by atoms with Gasteiger partial charge in [0.2, 0.25) is 0 Å². The number of aromatic nitrogens is 4. The molecule has 4 heteroatoms. The molecule has 4 nitrogen and oxygen atoms in total. The molecule has 0 aliphatic heterocycles. The van der Waals surface area contributed by atoms with Gasteiger partial charge in [0, 0.05) is 38.9 Å². The number of rotatable bonds is 6. The summed E-state index contributed by atoms with van der Waals surface area (Å²) in [6.45, 7) is 6.83. The maximum atomic E-state index is 5.58. The van der Waals surface area contributed by atoms with Crippen molar-refractivity contribution in [2.45, 2.75) is 26.2 Å². The highest BCUT2D eigenvalue weighted by molar-refractivity contribution is 6.11. The summed E-state index contributed by atoms with van der Waals surface area (Å²) in [5, 5.41) is 4.59. The molecule has 0 saturated heterocycles. The Labute approximate surface area is 326 Å². The van der Waals surface area contributed by atoms with E-state index >= 15 is 0 Å². The van der Waals surface area contributed by atoms with Crippen molar-refractivity contribution in [1.29, 1.82) is 0 Å². The second-order valence-corrected chi connectivity index (χ2v) is 15.6. The largest absolute Gasteiger partial charge is 0.340 e. The first-order chi connectivity index (χ1) is 27.4. The number of aromatic amines is 1. The number of H-pyrrole nitrogens is 1. The fourth-order valence-corrected chi connectivity index (χ4v) is 8.13. The van der Waals surface area contributed by atoms with E-state index in [1.807, 2.05) is 12.3 Å². The quantitative estimate of drug-likeness (QED) is 0.186. The molecule has 0 aliphatic carbocycles. The van der Waals surface area contributed by atoms with Crippen LogP contribution in [0, 0.1) is 0 Å². The molecule has 0 radical (unpaired) electrons. The average molecular weight is 721 g/mol. The standard InChI is InChI=1S/C52H40N4/c1-52(2,3)39-25-26-40(34-16-6-4-7-17-34)45(33-39)36-30-37(46-23-14-15-29-53-46)32-38(31-36)47-28-27-44-41-20-12-13-24-48(41)56(50(44)54-47)51-43-22-11-10-21-42(43)49(55-51)35-18-8-5-9-19-35/h4-33,55H,1-3H3. The van der Waals surface area contributed by atoms with E-state index in [-0.39, 0.29) is 5.41 Å². The third kappa shape index (κ3) is 5.78. The lowest BCUT2D eigenvalue weighted by Crippen LogP contribution is -2.11. The van der Waals surface area contributed by atoms with E-state index in [9.17, 15) is 0 Å². The Hall–Kier alpha value is -7.04. The summed E-state index contributed by atoms with van der Waals surface area (Å²) in [7, 11) is 0. The second-order valence-electron chi connectivity index (χ2n) is 15.6. The second kappa shape index (κ2) is 13.4. The van der Waals surface area contributed by atoms with Crippen LogP contribution in [0.5, 0.6) is 0 Å². The Morgan fingerprint density at radius 2 is 1.11 bits per heavy atom. The third-order valence-corrected chi connectivity index (χ3v) is 11.0. The maximum absolute atomic E-state index is 5.58. The number of pyridine rings is 2. The van der Waals surface area contributed by atoms with Gasteiger partial charge in [-0.2, -0.15) is 0 Å². The summed E-state index contributed by atoms with van der Waals surface area (Å²) >= 11 is 0. The lowest BCUT2D eigenvalue weighted by Gasteiger charge is -2.22. The number of hydrogen-bond acceptors (Lipinski definition) is 2. The normalized spacial score (nSPS) is 11.8. The Balaban J connectivity index is 1.23. The van der Waals surface area contributed by atoms with Crippen LogP contribution in [0.15, 0.2) is 182 Å². The molecule has 0 spiro atoms. The van der Waals surface area contributed by atoms with Crippen LogP contribution >= 0.6 is 0 Å². The van der Waals surface area contributed by atoms with Gasteiger partial charge in [0.1, 0.15) is 11.5 Å². The van der Waals surface area contributed by atoms with Crippen molar-refractivity contribution < 1.29 is 0 Å². The number of hydrogen-bond donors (Lipinski definition) is 1. The molecular weight excluding hydrogens is 681 g/mol. The van der Waals surface area contributed by atoms with Crippen LogP contribution in [0.4, 0.5) is 0 Å². The van der Waals surface area contributed by atoms with Crippen molar-refractivity contribution in [3.63, 3.8) is 0 Å². The number of nitrogens with one attached hydrogen (secondary N) is 1.